The molecule has 6 heteroatoms. The van der Waals surface area contributed by atoms with Gasteiger partial charge in [0.05, 0.1) is 25.4 Å². The lowest BCUT2D eigenvalue weighted by molar-refractivity contribution is -0.148. The summed E-state index contributed by atoms with van der Waals surface area (Å²) in [7, 11) is 0. The molecule has 0 saturated carbocycles. The molecule has 0 bridgehead atoms. The Morgan fingerprint density at radius 2 is 0.895 bits per heavy atom. The van der Waals surface area contributed by atoms with Crippen LogP contribution in [0.5, 0.6) is 11.5 Å². The molecule has 38 heavy (non-hydrogen) atoms. The van der Waals surface area contributed by atoms with Crippen LogP contribution in [-0.2, 0) is 19.1 Å². The van der Waals surface area contributed by atoms with Gasteiger partial charge < -0.3 is 18.9 Å². The first-order valence-corrected chi connectivity index (χ1v) is 13.9. The first-order valence-electron chi connectivity index (χ1n) is 13.9. The van der Waals surface area contributed by atoms with Gasteiger partial charge in [-0.3, -0.25) is 9.59 Å². The number of benzene rings is 3. The molecule has 0 aromatic heterocycles. The molecule has 0 spiro atoms. The van der Waals surface area contributed by atoms with Gasteiger partial charge in [-0.15, -0.1) is 0 Å². The van der Waals surface area contributed by atoms with E-state index in [0.29, 0.717) is 26.1 Å². The fourth-order valence-electron chi connectivity index (χ4n) is 4.45. The predicted octanol–water partition coefficient (Wildman–Crippen LogP) is 7.77. The molecule has 3 aromatic carbocycles. The van der Waals surface area contributed by atoms with Gasteiger partial charge in [-0.1, -0.05) is 48.5 Å². The molecule has 0 unspecified atom stereocenters. The Hall–Kier alpha value is -3.28. The second kappa shape index (κ2) is 15.2. The summed E-state index contributed by atoms with van der Waals surface area (Å²) in [6, 6.07) is 16.4. The van der Waals surface area contributed by atoms with Crippen LogP contribution >= 0.6 is 0 Å². The van der Waals surface area contributed by atoms with Gasteiger partial charge >= 0.3 is 11.9 Å². The van der Waals surface area contributed by atoms with Gasteiger partial charge in [0.15, 0.2) is 0 Å². The molecule has 0 N–H and O–H groups in total. The predicted molar refractivity (Wildman–Crippen MR) is 152 cm³/mol. The Bertz CT molecular complexity index is 1030. The van der Waals surface area contributed by atoms with Crippen LogP contribution in [0.4, 0.5) is 0 Å². The van der Waals surface area contributed by atoms with Gasteiger partial charge in [0, 0.05) is 34.4 Å². The highest BCUT2D eigenvalue weighted by Crippen LogP contribution is 2.42. The number of hydrogen-bond donors (Lipinski definition) is 0. The first-order chi connectivity index (χ1) is 18.4. The van der Waals surface area contributed by atoms with E-state index in [1.807, 2.05) is 52.0 Å². The molecular weight excluding hydrogens is 480 g/mol. The molecule has 0 fully saturated rings. The van der Waals surface area contributed by atoms with Gasteiger partial charge in [0.25, 0.3) is 0 Å². The number of unbranched alkanes of at least 4 members (excludes halogenated alkanes) is 4. The molecule has 0 aliphatic carbocycles. The van der Waals surface area contributed by atoms with E-state index in [1.165, 1.54) is 0 Å². The van der Waals surface area contributed by atoms with E-state index in [4.69, 9.17) is 18.9 Å². The lowest BCUT2D eigenvalue weighted by Gasteiger charge is -2.18. The van der Waals surface area contributed by atoms with E-state index in [2.05, 4.69) is 24.3 Å². The summed E-state index contributed by atoms with van der Waals surface area (Å²) in [4.78, 5) is 23.5. The van der Waals surface area contributed by atoms with Gasteiger partial charge in [-0.2, -0.15) is 0 Å². The van der Waals surface area contributed by atoms with Crippen LogP contribution in [0.1, 0.15) is 79.1 Å². The molecule has 0 atom stereocenters. The number of fused-ring (bicyclic) bond motifs is 2. The van der Waals surface area contributed by atoms with Gasteiger partial charge in [-0.25, -0.2) is 0 Å². The highest BCUT2D eigenvalue weighted by molar-refractivity contribution is 6.11. The van der Waals surface area contributed by atoms with Crippen LogP contribution in [-0.4, -0.2) is 37.4 Å². The molecular formula is C32H42O6. The largest absolute Gasteiger partial charge is 0.492 e. The molecule has 3 aromatic rings. The second-order valence-electron chi connectivity index (χ2n) is 10.1. The number of carbonyl (C=O) groups excluding carboxylic acids is 2. The summed E-state index contributed by atoms with van der Waals surface area (Å²) >= 11 is 0. The molecule has 0 aliphatic rings. The molecule has 0 aliphatic heterocycles. The van der Waals surface area contributed by atoms with Crippen LogP contribution in [0.25, 0.3) is 21.5 Å². The van der Waals surface area contributed by atoms with Gasteiger partial charge in [0.1, 0.15) is 11.5 Å². The highest BCUT2D eigenvalue weighted by Gasteiger charge is 2.16. The zero-order chi connectivity index (χ0) is 27.3. The summed E-state index contributed by atoms with van der Waals surface area (Å²) in [6.45, 7) is 8.62. The lowest BCUT2D eigenvalue weighted by atomic mass is 10.0. The Kier molecular flexibility index (Phi) is 11.7. The smallest absolute Gasteiger partial charge is 0.306 e. The number of esters is 2. The topological polar surface area (TPSA) is 71.1 Å². The maximum absolute atomic E-state index is 11.7. The maximum Gasteiger partial charge on any atom is 0.306 e. The Labute approximate surface area is 226 Å². The molecule has 0 saturated heterocycles. The van der Waals surface area contributed by atoms with E-state index in [1.54, 1.807) is 0 Å². The average Bonchev–Trinajstić information content (AvgIpc) is 2.87. The highest BCUT2D eigenvalue weighted by atomic mass is 16.5. The first kappa shape index (κ1) is 29.3. The standard InChI is InChI=1S/C32H42O6/c1-23(2)37-29(33)19-7-5-13-21-35-31-25-15-9-11-17-27(25)32(28-18-12-10-16-26(28)31)36-22-14-6-8-20-30(34)38-24(3)4/h9-12,15-18,23-24H,5-8,13-14,19-22H2,1-4H3. The zero-order valence-corrected chi connectivity index (χ0v) is 23.3. The molecule has 6 nitrogen and oxygen atoms in total. The minimum Gasteiger partial charge on any atom is -0.492 e. The minimum absolute atomic E-state index is 0.0697. The average molecular weight is 523 g/mol. The third-order valence-electron chi connectivity index (χ3n) is 6.11. The number of hydrogen-bond acceptors (Lipinski definition) is 6. The second-order valence-corrected chi connectivity index (χ2v) is 10.1. The Morgan fingerprint density at radius 3 is 1.21 bits per heavy atom. The third kappa shape index (κ3) is 8.93. The fraction of sp³-hybridized carbons (Fsp3) is 0.500. The number of rotatable bonds is 16. The van der Waals surface area contributed by atoms with Crippen molar-refractivity contribution in [2.75, 3.05) is 13.2 Å². The van der Waals surface area contributed by atoms with E-state index in [9.17, 15) is 9.59 Å². The van der Waals surface area contributed by atoms with Crippen LogP contribution < -0.4 is 9.47 Å². The summed E-state index contributed by atoms with van der Waals surface area (Å²) < 4.78 is 23.1. The molecule has 3 rings (SSSR count). The number of carbonyl (C=O) groups is 2. The van der Waals surface area contributed by atoms with Crippen LogP contribution in [0.3, 0.4) is 0 Å². The molecule has 206 valence electrons. The van der Waals surface area contributed by atoms with Crippen molar-refractivity contribution in [2.45, 2.75) is 91.3 Å². The van der Waals surface area contributed by atoms with Crippen LogP contribution in [0.2, 0.25) is 0 Å². The lowest BCUT2D eigenvalue weighted by Crippen LogP contribution is -2.11. The Balaban J connectivity index is 1.61. The van der Waals surface area contributed by atoms with Crippen LogP contribution in [0.15, 0.2) is 48.5 Å². The third-order valence-corrected chi connectivity index (χ3v) is 6.11. The normalized spacial score (nSPS) is 11.3. The molecule has 0 heterocycles. The summed E-state index contributed by atoms with van der Waals surface area (Å²) in [6.07, 6.45) is 5.86. The summed E-state index contributed by atoms with van der Waals surface area (Å²) in [5.41, 5.74) is 0. The SMILES string of the molecule is CC(C)OC(=O)CCCCCOc1c2ccccc2c(OCCCCCC(=O)OC(C)C)c2ccccc12. The molecule has 0 radical (unpaired) electrons. The molecule has 0 amide bonds. The quantitative estimate of drug-likeness (QED) is 0.109. The van der Waals surface area contributed by atoms with Gasteiger partial charge in [-0.05, 0) is 66.2 Å². The zero-order valence-electron chi connectivity index (χ0n) is 23.3. The van der Waals surface area contributed by atoms with Crippen molar-refractivity contribution in [1.29, 1.82) is 0 Å². The monoisotopic (exact) mass is 522 g/mol. The van der Waals surface area contributed by atoms with Crippen molar-refractivity contribution in [3.05, 3.63) is 48.5 Å². The van der Waals surface area contributed by atoms with E-state index in [0.717, 1.165) is 71.6 Å². The van der Waals surface area contributed by atoms with Crippen molar-refractivity contribution >= 4 is 33.5 Å². The van der Waals surface area contributed by atoms with Crippen molar-refractivity contribution in [3.8, 4) is 11.5 Å². The van der Waals surface area contributed by atoms with Crippen molar-refractivity contribution < 1.29 is 28.5 Å². The minimum atomic E-state index is -0.137. The maximum atomic E-state index is 11.7. The van der Waals surface area contributed by atoms with Gasteiger partial charge in [0.2, 0.25) is 0 Å². The van der Waals surface area contributed by atoms with Crippen molar-refractivity contribution in [1.82, 2.24) is 0 Å². The summed E-state index contributed by atoms with van der Waals surface area (Å²) in [5.74, 6) is 1.46. The van der Waals surface area contributed by atoms with Crippen molar-refractivity contribution in [2.24, 2.45) is 0 Å². The van der Waals surface area contributed by atoms with Crippen molar-refractivity contribution in [3.63, 3.8) is 0 Å². The fourth-order valence-corrected chi connectivity index (χ4v) is 4.45. The Morgan fingerprint density at radius 1 is 0.553 bits per heavy atom. The summed E-state index contributed by atoms with van der Waals surface area (Å²) in [5, 5.41) is 4.10. The van der Waals surface area contributed by atoms with E-state index >= 15 is 0 Å². The van der Waals surface area contributed by atoms with Crippen LogP contribution in [0, 0.1) is 0 Å². The van der Waals surface area contributed by atoms with E-state index < -0.39 is 0 Å². The number of ether oxygens (including phenoxy) is 4. The van der Waals surface area contributed by atoms with E-state index in [-0.39, 0.29) is 24.1 Å².